The average Bonchev–Trinajstić information content (AvgIpc) is 2.77. The zero-order valence-electron chi connectivity index (χ0n) is 12.9. The van der Waals surface area contributed by atoms with Crippen LogP contribution < -0.4 is 9.47 Å². The Morgan fingerprint density at radius 1 is 0.583 bits per heavy atom. The second-order valence-corrected chi connectivity index (χ2v) is 5.92. The van der Waals surface area contributed by atoms with Crippen molar-refractivity contribution in [1.82, 2.24) is 0 Å². The number of hydrogen-bond donors (Lipinski definition) is 0. The van der Waals surface area contributed by atoms with Crippen LogP contribution in [0.25, 0.3) is 32.7 Å². The maximum absolute atomic E-state index is 6.01. The van der Waals surface area contributed by atoms with E-state index >= 15 is 0 Å². The Kier molecular flexibility index (Phi) is 2.80. The maximum Gasteiger partial charge on any atom is 0.245 e. The van der Waals surface area contributed by atoms with Crippen molar-refractivity contribution in [2.45, 2.75) is 6.29 Å². The van der Waals surface area contributed by atoms with Crippen LogP contribution in [-0.4, -0.2) is 6.29 Å². The van der Waals surface area contributed by atoms with Gasteiger partial charge in [0, 0.05) is 11.1 Å². The summed E-state index contributed by atoms with van der Waals surface area (Å²) < 4.78 is 11.7. The molecule has 4 aromatic rings. The normalized spacial score (nSPS) is 13.7. The third-order valence-corrected chi connectivity index (χ3v) is 4.52. The molecule has 1 heterocycles. The van der Waals surface area contributed by atoms with Crippen LogP contribution in [0.3, 0.4) is 0 Å². The number of rotatable bonds is 0. The van der Waals surface area contributed by atoms with E-state index in [1.807, 2.05) is 36.4 Å². The van der Waals surface area contributed by atoms with Crippen LogP contribution in [0.2, 0.25) is 0 Å². The zero-order chi connectivity index (χ0) is 16.1. The molecule has 2 radical (unpaired) electrons. The third kappa shape index (κ3) is 1.89. The Labute approximate surface area is 140 Å². The largest absolute Gasteiger partial charge is 0.454 e. The lowest BCUT2D eigenvalue weighted by atomic mass is 9.92. The molecule has 2 heteroatoms. The molecule has 24 heavy (non-hydrogen) atoms. The smallest absolute Gasteiger partial charge is 0.245 e. The van der Waals surface area contributed by atoms with Crippen molar-refractivity contribution in [3.05, 3.63) is 79.7 Å². The first-order valence-corrected chi connectivity index (χ1v) is 7.94. The predicted molar refractivity (Wildman–Crippen MR) is 96.2 cm³/mol. The van der Waals surface area contributed by atoms with Gasteiger partial charge in [-0.1, -0.05) is 60.7 Å². The van der Waals surface area contributed by atoms with E-state index in [1.54, 1.807) is 0 Å². The molecule has 1 aliphatic heterocycles. The second kappa shape index (κ2) is 5.00. The van der Waals surface area contributed by atoms with Crippen LogP contribution in [0.1, 0.15) is 0 Å². The summed E-state index contributed by atoms with van der Waals surface area (Å²) in [6.45, 7) is 6.01. The van der Waals surface area contributed by atoms with Crippen LogP contribution in [0.15, 0.2) is 72.8 Å². The molecule has 5 rings (SSSR count). The van der Waals surface area contributed by atoms with E-state index in [9.17, 15) is 0 Å². The van der Waals surface area contributed by atoms with Gasteiger partial charge in [-0.05, 0) is 33.7 Å². The van der Waals surface area contributed by atoms with Gasteiger partial charge in [-0.25, -0.2) is 0 Å². The Hall–Kier alpha value is -3.00. The first kappa shape index (κ1) is 13.4. The topological polar surface area (TPSA) is 18.5 Å². The molecular weight excluding hydrogens is 296 g/mol. The Morgan fingerprint density at radius 2 is 1.04 bits per heavy atom. The molecule has 0 aromatic heterocycles. The van der Waals surface area contributed by atoms with Crippen LogP contribution >= 0.6 is 0 Å². The van der Waals surface area contributed by atoms with Crippen LogP contribution in [0.5, 0.6) is 11.5 Å². The van der Waals surface area contributed by atoms with Crippen molar-refractivity contribution in [3.8, 4) is 22.6 Å². The molecule has 0 N–H and O–H groups in total. The molecule has 0 fully saturated rings. The highest BCUT2D eigenvalue weighted by molar-refractivity contribution is 6.09. The molecule has 0 atom stereocenters. The minimum Gasteiger partial charge on any atom is -0.454 e. The highest BCUT2D eigenvalue weighted by Crippen LogP contribution is 2.47. The molecular formula is C22H14O2. The quantitative estimate of drug-likeness (QED) is 0.429. The second-order valence-electron chi connectivity index (χ2n) is 5.92. The maximum atomic E-state index is 6.01. The summed E-state index contributed by atoms with van der Waals surface area (Å²) in [5.41, 5.74) is 2.07. The summed E-state index contributed by atoms with van der Waals surface area (Å²) in [4.78, 5) is 0. The monoisotopic (exact) mass is 310 g/mol. The van der Waals surface area contributed by atoms with Gasteiger partial charge in [0.1, 0.15) is 11.5 Å². The van der Waals surface area contributed by atoms with E-state index in [0.717, 1.165) is 44.2 Å². The molecule has 0 unspecified atom stereocenters. The van der Waals surface area contributed by atoms with Gasteiger partial charge in [0.2, 0.25) is 6.29 Å². The molecule has 114 valence electrons. The SMILES string of the molecule is [CH]C1Oc2ccc3ccccc3c2-c2c(ccc3ccccc23)O1. The van der Waals surface area contributed by atoms with E-state index < -0.39 is 6.29 Å². The number of ether oxygens (including phenoxy) is 2. The van der Waals surface area contributed by atoms with Crippen molar-refractivity contribution in [3.63, 3.8) is 0 Å². The predicted octanol–water partition coefficient (Wildman–Crippen LogP) is 5.47. The summed E-state index contributed by atoms with van der Waals surface area (Å²) in [5, 5.41) is 4.58. The fraction of sp³-hybridized carbons (Fsp3) is 0.0455. The number of hydrogen-bond acceptors (Lipinski definition) is 2. The highest BCUT2D eigenvalue weighted by Gasteiger charge is 2.24. The Bertz CT molecular complexity index is 994. The lowest BCUT2D eigenvalue weighted by Crippen LogP contribution is -2.18. The van der Waals surface area contributed by atoms with Crippen molar-refractivity contribution in [2.75, 3.05) is 0 Å². The minimum absolute atomic E-state index is 0.747. The van der Waals surface area contributed by atoms with E-state index in [-0.39, 0.29) is 0 Å². The van der Waals surface area contributed by atoms with Gasteiger partial charge < -0.3 is 9.47 Å². The molecule has 0 saturated heterocycles. The summed E-state index contributed by atoms with van der Waals surface area (Å²) in [6.07, 6.45) is -0.827. The molecule has 4 aromatic carbocycles. The fourth-order valence-corrected chi connectivity index (χ4v) is 3.49. The van der Waals surface area contributed by atoms with Gasteiger partial charge in [-0.3, -0.25) is 0 Å². The molecule has 0 bridgehead atoms. The van der Waals surface area contributed by atoms with Crippen molar-refractivity contribution in [2.24, 2.45) is 0 Å². The average molecular weight is 310 g/mol. The van der Waals surface area contributed by atoms with E-state index in [4.69, 9.17) is 16.4 Å². The molecule has 0 spiro atoms. The summed E-state index contributed by atoms with van der Waals surface area (Å²) in [7, 11) is 0. The lowest BCUT2D eigenvalue weighted by molar-refractivity contribution is 0.0491. The van der Waals surface area contributed by atoms with Gasteiger partial charge in [0.25, 0.3) is 0 Å². The number of fused-ring (bicyclic) bond motifs is 7. The lowest BCUT2D eigenvalue weighted by Gasteiger charge is -2.13. The highest BCUT2D eigenvalue weighted by atomic mass is 16.7. The fourth-order valence-electron chi connectivity index (χ4n) is 3.49. The summed E-state index contributed by atoms with van der Waals surface area (Å²) >= 11 is 0. The molecule has 1 aliphatic rings. The Balaban J connectivity index is 2.00. The molecule has 0 amide bonds. The molecule has 2 nitrogen and oxygen atoms in total. The van der Waals surface area contributed by atoms with Crippen molar-refractivity contribution in [1.29, 1.82) is 0 Å². The molecule has 0 saturated carbocycles. The standard InChI is InChI=1S/C22H14O2/c1-14-23-19-12-10-15-6-2-4-8-17(15)21(19)22-18-9-5-3-7-16(18)11-13-20(22)24-14/h1-14H. The van der Waals surface area contributed by atoms with Crippen LogP contribution in [0, 0.1) is 6.92 Å². The van der Waals surface area contributed by atoms with Gasteiger partial charge >= 0.3 is 0 Å². The first-order chi connectivity index (χ1) is 11.8. The van der Waals surface area contributed by atoms with E-state index in [2.05, 4.69) is 36.4 Å². The number of benzene rings is 4. The third-order valence-electron chi connectivity index (χ3n) is 4.52. The van der Waals surface area contributed by atoms with Gasteiger partial charge in [0.15, 0.2) is 0 Å². The minimum atomic E-state index is -0.827. The summed E-state index contributed by atoms with van der Waals surface area (Å²) in [6, 6.07) is 24.6. The van der Waals surface area contributed by atoms with Gasteiger partial charge in [0.05, 0.1) is 6.92 Å². The van der Waals surface area contributed by atoms with Crippen molar-refractivity contribution < 1.29 is 9.47 Å². The van der Waals surface area contributed by atoms with Crippen molar-refractivity contribution >= 4 is 21.5 Å². The molecule has 0 aliphatic carbocycles. The van der Waals surface area contributed by atoms with Gasteiger partial charge in [-0.2, -0.15) is 0 Å². The zero-order valence-corrected chi connectivity index (χ0v) is 12.9. The van der Waals surface area contributed by atoms with Gasteiger partial charge in [-0.15, -0.1) is 0 Å². The first-order valence-electron chi connectivity index (χ1n) is 7.94. The van der Waals surface area contributed by atoms with E-state index in [1.165, 1.54) is 0 Å². The van der Waals surface area contributed by atoms with Crippen LogP contribution in [-0.2, 0) is 0 Å². The van der Waals surface area contributed by atoms with E-state index in [0.29, 0.717) is 0 Å². The summed E-state index contributed by atoms with van der Waals surface area (Å²) in [5.74, 6) is 1.49. The Morgan fingerprint density at radius 3 is 1.54 bits per heavy atom. The van der Waals surface area contributed by atoms with Crippen LogP contribution in [0.4, 0.5) is 0 Å².